The Hall–Kier alpha value is -1.92. The van der Waals surface area contributed by atoms with Crippen LogP contribution >= 0.6 is 0 Å². The third-order valence-corrected chi connectivity index (χ3v) is 4.15. The summed E-state index contributed by atoms with van der Waals surface area (Å²) in [7, 11) is 0. The number of fused-ring (bicyclic) bond motifs is 2. The third kappa shape index (κ3) is 3.28. The van der Waals surface area contributed by atoms with E-state index in [4.69, 9.17) is 4.74 Å². The van der Waals surface area contributed by atoms with Gasteiger partial charge in [-0.05, 0) is 46.5 Å². The Morgan fingerprint density at radius 3 is 2.50 bits per heavy atom. The highest BCUT2D eigenvalue weighted by Gasteiger charge is 2.44. The van der Waals surface area contributed by atoms with Gasteiger partial charge in [-0.2, -0.15) is 5.10 Å². The molecule has 120 valence electrons. The van der Waals surface area contributed by atoms with Crippen molar-refractivity contribution >= 4 is 12.0 Å². The molecule has 2 bridgehead atoms. The van der Waals surface area contributed by atoms with Crippen LogP contribution in [0, 0.1) is 0 Å². The maximum absolute atomic E-state index is 12.4. The molecule has 0 aliphatic carbocycles. The summed E-state index contributed by atoms with van der Waals surface area (Å²) in [6, 6.07) is 0.755. The van der Waals surface area contributed by atoms with Gasteiger partial charge in [-0.1, -0.05) is 0 Å². The first-order chi connectivity index (χ1) is 10.4. The van der Waals surface area contributed by atoms with Crippen molar-refractivity contribution in [1.29, 1.82) is 0 Å². The highest BCUT2D eigenvalue weighted by molar-refractivity contribution is 5.69. The Kier molecular flexibility index (Phi) is 3.88. The van der Waals surface area contributed by atoms with Crippen molar-refractivity contribution < 1.29 is 9.53 Å². The number of hydrogen-bond donors (Lipinski definition) is 1. The van der Waals surface area contributed by atoms with Gasteiger partial charge in [-0.3, -0.25) is 0 Å². The average Bonchev–Trinajstić information content (AvgIpc) is 2.70. The second kappa shape index (κ2) is 5.70. The van der Waals surface area contributed by atoms with Crippen LogP contribution in [-0.4, -0.2) is 49.9 Å². The second-order valence-corrected chi connectivity index (χ2v) is 7.05. The van der Waals surface area contributed by atoms with E-state index in [2.05, 4.69) is 20.5 Å². The molecule has 1 aromatic rings. The molecule has 1 aromatic heterocycles. The Morgan fingerprint density at radius 2 is 1.95 bits per heavy atom. The zero-order valence-corrected chi connectivity index (χ0v) is 13.3. The van der Waals surface area contributed by atoms with Gasteiger partial charge < -0.3 is 15.0 Å². The minimum absolute atomic E-state index is 0.184. The van der Waals surface area contributed by atoms with Crippen molar-refractivity contribution in [1.82, 2.24) is 20.1 Å². The topological polar surface area (TPSA) is 80.2 Å². The molecule has 0 radical (unpaired) electrons. The van der Waals surface area contributed by atoms with Gasteiger partial charge in [0.25, 0.3) is 0 Å². The van der Waals surface area contributed by atoms with E-state index in [-0.39, 0.29) is 24.2 Å². The van der Waals surface area contributed by atoms with E-state index in [1.807, 2.05) is 25.7 Å². The molecule has 2 aliphatic rings. The van der Waals surface area contributed by atoms with Crippen LogP contribution in [0.4, 0.5) is 10.7 Å². The molecule has 2 fully saturated rings. The first kappa shape index (κ1) is 15.0. The van der Waals surface area contributed by atoms with E-state index >= 15 is 0 Å². The summed E-state index contributed by atoms with van der Waals surface area (Å²) < 4.78 is 5.54. The zero-order valence-electron chi connectivity index (χ0n) is 13.3. The molecule has 3 atom stereocenters. The minimum atomic E-state index is -0.449. The monoisotopic (exact) mass is 305 g/mol. The maximum atomic E-state index is 12.4. The lowest BCUT2D eigenvalue weighted by molar-refractivity contribution is 0.00682. The molecule has 2 saturated heterocycles. The SMILES string of the molecule is CC(C)(C)OC(=O)N1[C@@H]2CC[C@H]1CC(Nc1nccnn1)C2. The van der Waals surface area contributed by atoms with E-state index in [0.717, 1.165) is 25.7 Å². The minimum Gasteiger partial charge on any atom is -0.444 e. The number of nitrogens with one attached hydrogen (secondary N) is 1. The number of nitrogens with zero attached hydrogens (tertiary/aromatic N) is 4. The molecule has 7 heteroatoms. The van der Waals surface area contributed by atoms with Crippen LogP contribution in [0.15, 0.2) is 12.4 Å². The van der Waals surface area contributed by atoms with Gasteiger partial charge in [-0.25, -0.2) is 9.78 Å². The molecule has 0 aromatic carbocycles. The highest BCUT2D eigenvalue weighted by Crippen LogP contribution is 2.37. The van der Waals surface area contributed by atoms with Crippen LogP contribution in [0.5, 0.6) is 0 Å². The molecular weight excluding hydrogens is 282 g/mol. The van der Waals surface area contributed by atoms with E-state index in [1.54, 1.807) is 12.4 Å². The van der Waals surface area contributed by atoms with Crippen molar-refractivity contribution in [2.45, 2.75) is 70.2 Å². The fourth-order valence-electron chi connectivity index (χ4n) is 3.40. The van der Waals surface area contributed by atoms with Crippen LogP contribution in [0.2, 0.25) is 0 Å². The van der Waals surface area contributed by atoms with Gasteiger partial charge >= 0.3 is 6.09 Å². The standard InChI is InChI=1S/C15H23N5O2/c1-15(2,3)22-14(21)20-11-4-5-12(20)9-10(8-11)18-13-16-6-7-17-19-13/h6-7,10-12H,4-5,8-9H2,1-3H3,(H,16,18,19)/t10?,11-,12+. The Labute approximate surface area is 130 Å². The Balaban J connectivity index is 1.63. The summed E-state index contributed by atoms with van der Waals surface area (Å²) in [4.78, 5) is 18.5. The average molecular weight is 305 g/mol. The molecule has 3 heterocycles. The number of hydrogen-bond acceptors (Lipinski definition) is 6. The summed E-state index contributed by atoms with van der Waals surface area (Å²) in [5, 5.41) is 11.1. The van der Waals surface area contributed by atoms with Gasteiger partial charge in [0.15, 0.2) is 0 Å². The van der Waals surface area contributed by atoms with Crippen LogP contribution in [0.1, 0.15) is 46.5 Å². The molecular formula is C15H23N5O2. The number of carbonyl (C=O) groups is 1. The predicted octanol–water partition coefficient (Wildman–Crippen LogP) is 2.21. The molecule has 1 N–H and O–H groups in total. The van der Waals surface area contributed by atoms with Gasteiger partial charge in [0.1, 0.15) is 5.60 Å². The third-order valence-electron chi connectivity index (χ3n) is 4.15. The van der Waals surface area contributed by atoms with E-state index in [9.17, 15) is 4.79 Å². The van der Waals surface area contributed by atoms with Crippen LogP contribution in [0.3, 0.4) is 0 Å². The number of anilines is 1. The largest absolute Gasteiger partial charge is 0.444 e. The molecule has 0 spiro atoms. The molecule has 3 rings (SSSR count). The van der Waals surface area contributed by atoms with Gasteiger partial charge in [0, 0.05) is 18.1 Å². The Morgan fingerprint density at radius 1 is 1.27 bits per heavy atom. The van der Waals surface area contributed by atoms with Gasteiger partial charge in [-0.15, -0.1) is 5.10 Å². The van der Waals surface area contributed by atoms with E-state index in [1.165, 1.54) is 0 Å². The molecule has 22 heavy (non-hydrogen) atoms. The molecule has 1 unspecified atom stereocenters. The van der Waals surface area contributed by atoms with Crippen molar-refractivity contribution in [3.63, 3.8) is 0 Å². The highest BCUT2D eigenvalue weighted by atomic mass is 16.6. The summed E-state index contributed by atoms with van der Waals surface area (Å²) in [5.74, 6) is 0.553. The normalized spacial score (nSPS) is 27.6. The first-order valence-electron chi connectivity index (χ1n) is 7.84. The van der Waals surface area contributed by atoms with Gasteiger partial charge in [0.05, 0.1) is 12.4 Å². The number of carbonyl (C=O) groups excluding carboxylic acids is 1. The summed E-state index contributed by atoms with van der Waals surface area (Å²) >= 11 is 0. The van der Waals surface area contributed by atoms with Crippen molar-refractivity contribution in [2.24, 2.45) is 0 Å². The lowest BCUT2D eigenvalue weighted by atomic mass is 9.98. The first-order valence-corrected chi connectivity index (χ1v) is 7.84. The predicted molar refractivity (Wildman–Crippen MR) is 81.4 cm³/mol. The molecule has 7 nitrogen and oxygen atoms in total. The summed E-state index contributed by atoms with van der Waals surface area (Å²) in [6.07, 6.45) is 6.87. The van der Waals surface area contributed by atoms with Crippen molar-refractivity contribution in [3.05, 3.63) is 12.4 Å². The van der Waals surface area contributed by atoms with Crippen molar-refractivity contribution in [2.75, 3.05) is 5.32 Å². The van der Waals surface area contributed by atoms with Crippen molar-refractivity contribution in [3.8, 4) is 0 Å². The maximum Gasteiger partial charge on any atom is 0.410 e. The van der Waals surface area contributed by atoms with E-state index < -0.39 is 5.60 Å². The molecule has 1 amide bonds. The lowest BCUT2D eigenvalue weighted by Gasteiger charge is -2.39. The lowest BCUT2D eigenvalue weighted by Crippen LogP contribution is -2.51. The number of rotatable bonds is 2. The molecule has 0 saturated carbocycles. The molecule has 2 aliphatic heterocycles. The second-order valence-electron chi connectivity index (χ2n) is 7.05. The number of amides is 1. The van der Waals surface area contributed by atoms with Gasteiger partial charge in [0.2, 0.25) is 5.95 Å². The zero-order chi connectivity index (χ0) is 15.7. The summed E-state index contributed by atoms with van der Waals surface area (Å²) in [5.41, 5.74) is -0.449. The smallest absolute Gasteiger partial charge is 0.410 e. The fraction of sp³-hybridized carbons (Fsp3) is 0.733. The number of piperidine rings is 1. The fourth-order valence-corrected chi connectivity index (χ4v) is 3.40. The van der Waals surface area contributed by atoms with Crippen LogP contribution in [0.25, 0.3) is 0 Å². The van der Waals surface area contributed by atoms with Crippen LogP contribution < -0.4 is 5.32 Å². The number of aromatic nitrogens is 3. The number of ether oxygens (including phenoxy) is 1. The quantitative estimate of drug-likeness (QED) is 0.902. The van der Waals surface area contributed by atoms with E-state index in [0.29, 0.717) is 5.95 Å². The van der Waals surface area contributed by atoms with Crippen LogP contribution in [-0.2, 0) is 4.74 Å². The Bertz CT molecular complexity index is 516. The summed E-state index contributed by atoms with van der Waals surface area (Å²) in [6.45, 7) is 5.71.